The molecule has 0 aliphatic carbocycles. The van der Waals surface area contributed by atoms with Crippen molar-refractivity contribution in [1.82, 2.24) is 5.32 Å². The number of unbranched alkanes of at least 4 members (excludes halogenated alkanes) is 52. The molecule has 3 unspecified atom stereocenters. The lowest BCUT2D eigenvalue weighted by Gasteiger charge is -2.27. The summed E-state index contributed by atoms with van der Waals surface area (Å²) in [6, 6.07) is -0.843. The lowest BCUT2D eigenvalue weighted by Crippen LogP contribution is -2.47. The molecule has 0 saturated carbocycles. The Balaban J connectivity index is 4.91. The number of allylic oxidation sites excluding steroid dienone is 3. The third kappa shape index (κ3) is 66.7. The maximum Gasteiger partial charge on any atom is 0.472 e. The summed E-state index contributed by atoms with van der Waals surface area (Å²) >= 11 is 0. The van der Waals surface area contributed by atoms with Crippen LogP contribution in [0.25, 0.3) is 0 Å². The summed E-state index contributed by atoms with van der Waals surface area (Å²) in [6.45, 7) is 7.08. The van der Waals surface area contributed by atoms with Crippen molar-refractivity contribution in [3.05, 3.63) is 24.3 Å². The van der Waals surface area contributed by atoms with Crippen LogP contribution in [0.2, 0.25) is 0 Å². The largest absolute Gasteiger partial charge is 0.472 e. The van der Waals surface area contributed by atoms with E-state index in [1.807, 2.05) is 27.2 Å². The Labute approximate surface area is 530 Å². The van der Waals surface area contributed by atoms with Crippen LogP contribution in [0, 0.1) is 0 Å². The molecule has 0 fully saturated rings. The molecule has 0 rings (SSSR count). The van der Waals surface area contributed by atoms with Gasteiger partial charge in [0.1, 0.15) is 19.3 Å². The quantitative estimate of drug-likeness (QED) is 0.0205. The van der Waals surface area contributed by atoms with Crippen molar-refractivity contribution in [2.45, 2.75) is 405 Å². The summed E-state index contributed by atoms with van der Waals surface area (Å²) in [5.74, 6) is -0.480. The zero-order valence-electron chi connectivity index (χ0n) is 57.9. The Kier molecular flexibility index (Phi) is 64.3. The van der Waals surface area contributed by atoms with Crippen LogP contribution in [0.5, 0.6) is 0 Å². The number of nitrogens with one attached hydrogen (secondary N) is 1. The smallest absolute Gasteiger partial charge is 0.456 e. The van der Waals surface area contributed by atoms with Gasteiger partial charge in [0.25, 0.3) is 0 Å². The van der Waals surface area contributed by atoms with Crippen molar-refractivity contribution >= 4 is 19.7 Å². The fourth-order valence-corrected chi connectivity index (χ4v) is 12.3. The van der Waals surface area contributed by atoms with Gasteiger partial charge in [-0.15, -0.1) is 0 Å². The first-order valence-electron chi connectivity index (χ1n) is 37.7. The molecule has 3 atom stereocenters. The standard InChI is InChI=1S/C75H147N2O7P/c1-7-10-13-16-19-22-25-27-29-31-33-35-37-38-40-41-43-45-47-49-52-55-58-61-64-67-74(78)76-72(71-83-85(80,81)82-70-69-77(4,5)6)73(66-63-60-57-54-51-24-21-18-15-12-9-3)84-75(79)68-65-62-59-56-53-50-48-46-44-42-39-36-34-32-30-28-26-23-20-17-14-11-8-2/h27,29,63,66,72-73H,7-26,28,30-62,64-65,67-71H2,1-6H3,(H-,76,78,80,81)/p+1/b29-27+,66-63+. The van der Waals surface area contributed by atoms with Gasteiger partial charge in [-0.25, -0.2) is 4.57 Å². The van der Waals surface area contributed by atoms with Gasteiger partial charge in [0.15, 0.2) is 0 Å². The van der Waals surface area contributed by atoms with Crippen molar-refractivity contribution in [2.75, 3.05) is 40.9 Å². The Bertz CT molecular complexity index is 1500. The van der Waals surface area contributed by atoms with Gasteiger partial charge in [-0.2, -0.15) is 0 Å². The number of rotatable bonds is 70. The Hall–Kier alpha value is -1.51. The van der Waals surface area contributed by atoms with Gasteiger partial charge in [-0.3, -0.25) is 18.6 Å². The maximum absolute atomic E-state index is 13.6. The molecule has 2 N–H and O–H groups in total. The van der Waals surface area contributed by atoms with Gasteiger partial charge in [-0.1, -0.05) is 347 Å². The molecule has 10 heteroatoms. The van der Waals surface area contributed by atoms with Gasteiger partial charge >= 0.3 is 13.8 Å². The molecule has 0 spiro atoms. The number of phosphoric acid groups is 1. The summed E-state index contributed by atoms with van der Waals surface area (Å²) in [6.07, 6.45) is 80.7. The second kappa shape index (κ2) is 65.4. The monoisotopic (exact) mass is 1220 g/mol. The number of ether oxygens (including phenoxy) is 1. The van der Waals surface area contributed by atoms with Gasteiger partial charge in [0, 0.05) is 12.8 Å². The van der Waals surface area contributed by atoms with E-state index in [4.69, 9.17) is 13.8 Å². The van der Waals surface area contributed by atoms with E-state index in [0.29, 0.717) is 23.9 Å². The molecule has 0 aromatic carbocycles. The van der Waals surface area contributed by atoms with Crippen molar-refractivity contribution in [3.63, 3.8) is 0 Å². The molecule has 0 bridgehead atoms. The molecule has 0 heterocycles. The first-order valence-corrected chi connectivity index (χ1v) is 39.2. The van der Waals surface area contributed by atoms with E-state index in [2.05, 4.69) is 44.3 Å². The fraction of sp³-hybridized carbons (Fsp3) is 0.920. The van der Waals surface area contributed by atoms with E-state index < -0.39 is 20.0 Å². The van der Waals surface area contributed by atoms with Crippen molar-refractivity contribution < 1.29 is 37.3 Å². The van der Waals surface area contributed by atoms with E-state index in [-0.39, 0.29) is 25.1 Å². The molecule has 0 radical (unpaired) electrons. The predicted molar refractivity (Wildman–Crippen MR) is 370 cm³/mol. The second-order valence-electron chi connectivity index (χ2n) is 27.2. The lowest BCUT2D eigenvalue weighted by molar-refractivity contribution is -0.870. The van der Waals surface area contributed by atoms with Crippen molar-refractivity contribution in [2.24, 2.45) is 0 Å². The van der Waals surface area contributed by atoms with Crippen LogP contribution in [-0.4, -0.2) is 74.3 Å². The fourth-order valence-electron chi connectivity index (χ4n) is 11.6. The highest BCUT2D eigenvalue weighted by atomic mass is 31.2. The molecule has 1 amide bonds. The minimum Gasteiger partial charge on any atom is -0.456 e. The molecule has 0 aliphatic rings. The highest BCUT2D eigenvalue weighted by molar-refractivity contribution is 7.47. The number of amides is 1. The summed E-state index contributed by atoms with van der Waals surface area (Å²) in [4.78, 5) is 37.9. The number of phosphoric ester groups is 1. The molecule has 0 saturated heterocycles. The third-order valence-corrected chi connectivity index (χ3v) is 18.4. The Morgan fingerprint density at radius 1 is 0.400 bits per heavy atom. The van der Waals surface area contributed by atoms with E-state index in [0.717, 1.165) is 57.8 Å². The molecule has 504 valence electrons. The van der Waals surface area contributed by atoms with Gasteiger partial charge in [0.2, 0.25) is 5.91 Å². The second-order valence-corrected chi connectivity index (χ2v) is 28.6. The average molecular weight is 1220 g/mol. The summed E-state index contributed by atoms with van der Waals surface area (Å²) in [5, 5.41) is 3.08. The maximum atomic E-state index is 13.6. The highest BCUT2D eigenvalue weighted by Crippen LogP contribution is 2.43. The van der Waals surface area contributed by atoms with E-state index in [1.165, 1.54) is 302 Å². The van der Waals surface area contributed by atoms with Crippen LogP contribution in [0.3, 0.4) is 0 Å². The van der Waals surface area contributed by atoms with Crippen LogP contribution >= 0.6 is 7.82 Å². The minimum atomic E-state index is -4.45. The van der Waals surface area contributed by atoms with Gasteiger partial charge in [0.05, 0.1) is 33.8 Å². The average Bonchev–Trinajstić information content (AvgIpc) is 3.64. The summed E-state index contributed by atoms with van der Waals surface area (Å²) in [5.41, 5.74) is 0. The molecule has 0 aromatic heterocycles. The van der Waals surface area contributed by atoms with Crippen LogP contribution in [0.15, 0.2) is 24.3 Å². The molecule has 85 heavy (non-hydrogen) atoms. The number of carbonyl (C=O) groups excluding carboxylic acids is 2. The van der Waals surface area contributed by atoms with E-state index >= 15 is 0 Å². The number of quaternary nitrogens is 1. The normalized spacial score (nSPS) is 13.5. The van der Waals surface area contributed by atoms with Crippen LogP contribution in [0.4, 0.5) is 0 Å². The van der Waals surface area contributed by atoms with E-state index in [9.17, 15) is 19.0 Å². The number of carbonyl (C=O) groups is 2. The van der Waals surface area contributed by atoms with Crippen molar-refractivity contribution in [1.29, 1.82) is 0 Å². The summed E-state index contributed by atoms with van der Waals surface area (Å²) < 4.78 is 30.9. The summed E-state index contributed by atoms with van der Waals surface area (Å²) in [7, 11) is 1.52. The number of likely N-dealkylation sites (N-methyl/N-ethyl adjacent to an activating group) is 1. The molecule has 0 aromatic rings. The molecular weight excluding hydrogens is 1070 g/mol. The number of esters is 1. The Morgan fingerprint density at radius 2 is 0.682 bits per heavy atom. The van der Waals surface area contributed by atoms with E-state index in [1.54, 1.807) is 0 Å². The Morgan fingerprint density at radius 3 is 1.00 bits per heavy atom. The first kappa shape index (κ1) is 83.5. The zero-order valence-corrected chi connectivity index (χ0v) is 58.8. The first-order chi connectivity index (χ1) is 41.4. The topological polar surface area (TPSA) is 111 Å². The lowest BCUT2D eigenvalue weighted by atomic mass is 10.0. The van der Waals surface area contributed by atoms with Crippen LogP contribution in [0.1, 0.15) is 393 Å². The number of nitrogens with zero attached hydrogens (tertiary/aromatic N) is 1. The molecule has 9 nitrogen and oxygen atoms in total. The third-order valence-electron chi connectivity index (χ3n) is 17.4. The zero-order chi connectivity index (χ0) is 62.1. The highest BCUT2D eigenvalue weighted by Gasteiger charge is 2.30. The molecule has 0 aliphatic heterocycles. The van der Waals surface area contributed by atoms with Crippen LogP contribution in [-0.2, 0) is 27.9 Å². The number of hydrogen-bond donors (Lipinski definition) is 2. The van der Waals surface area contributed by atoms with Crippen LogP contribution < -0.4 is 5.32 Å². The predicted octanol–water partition coefficient (Wildman–Crippen LogP) is 24.0. The van der Waals surface area contributed by atoms with Crippen molar-refractivity contribution in [3.8, 4) is 0 Å². The minimum absolute atomic E-state index is 0.0447. The van der Waals surface area contributed by atoms with Gasteiger partial charge in [-0.05, 0) is 57.4 Å². The SMILES string of the molecule is CCCCCCCC/C=C/CCCCCCCCCCCCCCCCCC(=O)NC(COP(=O)(O)OCC[N+](C)(C)C)C(/C=C/CCCCCCCCCCC)OC(=O)CCCCCCCCCCCCCCCCCCCCCCCCC. The number of hydrogen-bond acceptors (Lipinski definition) is 6. The molecular formula is C75H148N2O7P+. The van der Waals surface area contributed by atoms with Gasteiger partial charge < -0.3 is 19.4 Å².